The van der Waals surface area contributed by atoms with Gasteiger partial charge in [-0.25, -0.2) is 9.97 Å². The largest absolute Gasteiger partial charge is 0.423 e. The van der Waals surface area contributed by atoms with E-state index in [4.69, 9.17) is 0 Å². The summed E-state index contributed by atoms with van der Waals surface area (Å²) in [5, 5.41) is 13.7. The normalized spacial score (nSPS) is 10.8. The number of benzene rings is 1. The zero-order chi connectivity index (χ0) is 15.7. The Labute approximate surface area is 127 Å². The maximum absolute atomic E-state index is 11.8. The first-order valence-electron chi connectivity index (χ1n) is 6.92. The van der Waals surface area contributed by atoms with Crippen molar-refractivity contribution in [2.24, 2.45) is 0 Å². The molecule has 0 bridgehead atoms. The molecule has 112 valence electrons. The lowest BCUT2D eigenvalue weighted by Gasteiger charge is -2.12. The van der Waals surface area contributed by atoms with Gasteiger partial charge in [0, 0.05) is 12.6 Å². The first-order chi connectivity index (χ1) is 10.6. The Morgan fingerprint density at radius 3 is 2.64 bits per heavy atom. The van der Waals surface area contributed by atoms with Gasteiger partial charge in [-0.05, 0) is 19.4 Å². The lowest BCUT2D eigenvalue weighted by Crippen LogP contribution is -2.20. The number of hydrogen-bond donors (Lipinski definition) is 2. The van der Waals surface area contributed by atoms with Crippen LogP contribution in [0.3, 0.4) is 0 Å². The van der Waals surface area contributed by atoms with E-state index in [2.05, 4.69) is 15.3 Å². The van der Waals surface area contributed by atoms with Crippen molar-refractivity contribution in [2.45, 2.75) is 20.4 Å². The Morgan fingerprint density at radius 2 is 1.91 bits per heavy atom. The number of hydrogen-bond acceptors (Lipinski definition) is 5. The van der Waals surface area contributed by atoms with Gasteiger partial charge in [-0.3, -0.25) is 4.79 Å². The predicted octanol–water partition coefficient (Wildman–Crippen LogP) is 2.26. The maximum atomic E-state index is 11.8. The zero-order valence-electron chi connectivity index (χ0n) is 12.4. The molecule has 0 fully saturated rings. The molecule has 1 aromatic carbocycles. The summed E-state index contributed by atoms with van der Waals surface area (Å²) in [7, 11) is 0. The second-order valence-corrected chi connectivity index (χ2v) is 5.20. The lowest BCUT2D eigenvalue weighted by atomic mass is 10.1. The fourth-order valence-corrected chi connectivity index (χ4v) is 2.34. The monoisotopic (exact) mass is 296 g/mol. The van der Waals surface area contributed by atoms with Crippen molar-refractivity contribution in [1.29, 1.82) is 0 Å². The third kappa shape index (κ3) is 2.50. The SMILES string of the molecule is Cc1ccc(CNc2cc(=O)n(O)c3ncnc(C)c23)cc1. The first kappa shape index (κ1) is 14.1. The summed E-state index contributed by atoms with van der Waals surface area (Å²) in [6.07, 6.45) is 1.33. The van der Waals surface area contributed by atoms with E-state index in [0.717, 1.165) is 5.56 Å². The summed E-state index contributed by atoms with van der Waals surface area (Å²) in [5.41, 5.74) is 3.27. The summed E-state index contributed by atoms with van der Waals surface area (Å²) < 4.78 is 0.543. The highest BCUT2D eigenvalue weighted by Gasteiger charge is 2.12. The van der Waals surface area contributed by atoms with Crippen LogP contribution in [0.2, 0.25) is 0 Å². The van der Waals surface area contributed by atoms with Crippen LogP contribution in [0, 0.1) is 13.8 Å². The van der Waals surface area contributed by atoms with Gasteiger partial charge in [0.2, 0.25) is 0 Å². The number of aromatic nitrogens is 3. The van der Waals surface area contributed by atoms with Gasteiger partial charge >= 0.3 is 0 Å². The summed E-state index contributed by atoms with van der Waals surface area (Å²) in [6.45, 7) is 4.41. The average molecular weight is 296 g/mol. The third-order valence-electron chi connectivity index (χ3n) is 3.57. The molecule has 0 aliphatic carbocycles. The van der Waals surface area contributed by atoms with Crippen molar-refractivity contribution in [3.8, 4) is 0 Å². The van der Waals surface area contributed by atoms with Gasteiger partial charge in [0.25, 0.3) is 5.56 Å². The maximum Gasteiger partial charge on any atom is 0.286 e. The fraction of sp³-hybridized carbons (Fsp3) is 0.188. The summed E-state index contributed by atoms with van der Waals surface area (Å²) in [6, 6.07) is 9.49. The van der Waals surface area contributed by atoms with Gasteiger partial charge in [-0.1, -0.05) is 29.8 Å². The molecule has 0 amide bonds. The van der Waals surface area contributed by atoms with E-state index in [1.54, 1.807) is 0 Å². The van der Waals surface area contributed by atoms with Gasteiger partial charge in [0.05, 0.1) is 16.8 Å². The molecule has 22 heavy (non-hydrogen) atoms. The summed E-state index contributed by atoms with van der Waals surface area (Å²) in [4.78, 5) is 20.0. The number of rotatable bonds is 3. The molecule has 0 unspecified atom stereocenters. The van der Waals surface area contributed by atoms with Crippen molar-refractivity contribution < 1.29 is 5.21 Å². The fourth-order valence-electron chi connectivity index (χ4n) is 2.34. The van der Waals surface area contributed by atoms with E-state index in [9.17, 15) is 10.0 Å². The molecule has 0 saturated heterocycles. The molecule has 2 N–H and O–H groups in total. The molecule has 0 atom stereocenters. The van der Waals surface area contributed by atoms with Crippen molar-refractivity contribution in [3.63, 3.8) is 0 Å². The van der Waals surface area contributed by atoms with Crippen LogP contribution in [0.15, 0.2) is 41.5 Å². The minimum absolute atomic E-state index is 0.200. The zero-order valence-corrected chi connectivity index (χ0v) is 12.4. The van der Waals surface area contributed by atoms with E-state index in [1.807, 2.05) is 38.1 Å². The van der Waals surface area contributed by atoms with E-state index in [-0.39, 0.29) is 5.65 Å². The molecule has 0 aliphatic rings. The van der Waals surface area contributed by atoms with Crippen molar-refractivity contribution in [3.05, 3.63) is 63.8 Å². The van der Waals surface area contributed by atoms with Gasteiger partial charge in [0.15, 0.2) is 5.65 Å². The second-order valence-electron chi connectivity index (χ2n) is 5.20. The molecule has 0 radical (unpaired) electrons. The third-order valence-corrected chi connectivity index (χ3v) is 3.57. The van der Waals surface area contributed by atoms with E-state index in [0.29, 0.717) is 28.0 Å². The molecule has 0 spiro atoms. The van der Waals surface area contributed by atoms with E-state index >= 15 is 0 Å². The average Bonchev–Trinajstić information content (AvgIpc) is 2.51. The molecule has 3 aromatic rings. The number of pyridine rings is 1. The predicted molar refractivity (Wildman–Crippen MR) is 84.2 cm³/mol. The Morgan fingerprint density at radius 1 is 1.18 bits per heavy atom. The van der Waals surface area contributed by atoms with Crippen LogP contribution in [-0.2, 0) is 6.54 Å². The molecular weight excluding hydrogens is 280 g/mol. The molecule has 0 saturated carbocycles. The van der Waals surface area contributed by atoms with Crippen LogP contribution in [0.4, 0.5) is 5.69 Å². The van der Waals surface area contributed by atoms with Crippen LogP contribution >= 0.6 is 0 Å². The highest BCUT2D eigenvalue weighted by molar-refractivity contribution is 5.90. The Hall–Kier alpha value is -2.89. The number of anilines is 1. The van der Waals surface area contributed by atoms with Gasteiger partial charge < -0.3 is 10.5 Å². The summed E-state index contributed by atoms with van der Waals surface area (Å²) in [5.74, 6) is 0. The Bertz CT molecular complexity index is 885. The van der Waals surface area contributed by atoms with Gasteiger partial charge in [0.1, 0.15) is 6.33 Å². The molecule has 3 rings (SSSR count). The van der Waals surface area contributed by atoms with E-state index in [1.165, 1.54) is 18.0 Å². The van der Waals surface area contributed by atoms with Crippen LogP contribution in [-0.4, -0.2) is 19.9 Å². The highest BCUT2D eigenvalue weighted by atomic mass is 16.5. The van der Waals surface area contributed by atoms with Crippen molar-refractivity contribution >= 4 is 16.7 Å². The van der Waals surface area contributed by atoms with E-state index < -0.39 is 5.56 Å². The minimum Gasteiger partial charge on any atom is -0.423 e. The number of nitrogens with zero attached hydrogens (tertiary/aromatic N) is 3. The topological polar surface area (TPSA) is 80.0 Å². The standard InChI is InChI=1S/C16H16N4O2/c1-10-3-5-12(6-4-10)8-17-13-7-14(21)20(22)16-15(13)11(2)18-9-19-16/h3-7,9,17,22H,8H2,1-2H3. The molecular formula is C16H16N4O2. The van der Waals surface area contributed by atoms with Crippen LogP contribution in [0.1, 0.15) is 16.8 Å². The van der Waals surface area contributed by atoms with Gasteiger partial charge in [-0.15, -0.1) is 4.73 Å². The van der Waals surface area contributed by atoms with Crippen molar-refractivity contribution in [1.82, 2.24) is 14.7 Å². The Kier molecular flexibility index (Phi) is 3.50. The number of nitrogens with one attached hydrogen (secondary N) is 1. The number of fused-ring (bicyclic) bond motifs is 1. The van der Waals surface area contributed by atoms with Crippen LogP contribution in [0.25, 0.3) is 11.0 Å². The quantitative estimate of drug-likeness (QED) is 0.725. The van der Waals surface area contributed by atoms with Crippen LogP contribution < -0.4 is 10.9 Å². The van der Waals surface area contributed by atoms with Crippen molar-refractivity contribution in [2.75, 3.05) is 5.32 Å². The second kappa shape index (κ2) is 5.48. The van der Waals surface area contributed by atoms with Crippen LogP contribution in [0.5, 0.6) is 0 Å². The molecule has 6 nitrogen and oxygen atoms in total. The molecule has 6 heteroatoms. The highest BCUT2D eigenvalue weighted by Crippen LogP contribution is 2.22. The smallest absolute Gasteiger partial charge is 0.286 e. The molecule has 2 aromatic heterocycles. The molecule has 2 heterocycles. The minimum atomic E-state index is -0.531. The molecule has 0 aliphatic heterocycles. The lowest BCUT2D eigenvalue weighted by molar-refractivity contribution is 0.186. The first-order valence-corrected chi connectivity index (χ1v) is 6.92. The van der Waals surface area contributed by atoms with Gasteiger partial charge in [-0.2, -0.15) is 0 Å². The summed E-state index contributed by atoms with van der Waals surface area (Å²) >= 11 is 0. The Balaban J connectivity index is 2.01. The number of aryl methyl sites for hydroxylation is 2.